The first-order chi connectivity index (χ1) is 8.34. The van der Waals surface area contributed by atoms with E-state index in [0.717, 1.165) is 24.5 Å². The number of aromatic nitrogens is 2. The molecule has 1 aromatic carbocycles. The number of hydrogen-bond donors (Lipinski definition) is 1. The van der Waals surface area contributed by atoms with Gasteiger partial charge in [0, 0.05) is 11.5 Å². The molecule has 88 valence electrons. The van der Waals surface area contributed by atoms with Crippen molar-refractivity contribution in [1.29, 1.82) is 0 Å². The largest absolute Gasteiger partial charge is 0.339 e. The van der Waals surface area contributed by atoms with Crippen LogP contribution < -0.4 is 5.32 Å². The first-order valence-corrected chi connectivity index (χ1v) is 5.94. The molecule has 1 aliphatic heterocycles. The van der Waals surface area contributed by atoms with Gasteiger partial charge in [-0.25, -0.2) is 0 Å². The zero-order chi connectivity index (χ0) is 11.7. The lowest BCUT2D eigenvalue weighted by molar-refractivity contribution is 0.252. The van der Waals surface area contributed by atoms with Crippen molar-refractivity contribution in [2.24, 2.45) is 5.92 Å². The fourth-order valence-electron chi connectivity index (χ4n) is 1.99. The van der Waals surface area contributed by atoms with Gasteiger partial charge in [-0.2, -0.15) is 4.98 Å². The predicted octanol–water partition coefficient (Wildman–Crippen LogP) is 2.06. The van der Waals surface area contributed by atoms with Gasteiger partial charge in [-0.05, 0) is 19.0 Å². The molecule has 2 aromatic rings. The molecule has 1 atom stereocenters. The van der Waals surface area contributed by atoms with Gasteiger partial charge in [0.25, 0.3) is 0 Å². The third kappa shape index (κ3) is 1.96. The van der Waals surface area contributed by atoms with Gasteiger partial charge in [-0.15, -0.1) is 0 Å². The van der Waals surface area contributed by atoms with Crippen molar-refractivity contribution in [2.75, 3.05) is 13.1 Å². The van der Waals surface area contributed by atoms with E-state index < -0.39 is 0 Å². The second-order valence-electron chi connectivity index (χ2n) is 4.53. The number of nitrogens with one attached hydrogen (secondary N) is 1. The van der Waals surface area contributed by atoms with E-state index in [-0.39, 0.29) is 0 Å². The third-order valence-corrected chi connectivity index (χ3v) is 3.38. The second-order valence-corrected chi connectivity index (χ2v) is 4.53. The Bertz CT molecular complexity index is 490. The maximum Gasteiger partial charge on any atom is 0.230 e. The van der Waals surface area contributed by atoms with E-state index in [0.29, 0.717) is 17.7 Å². The van der Waals surface area contributed by atoms with Crippen molar-refractivity contribution in [3.8, 4) is 11.4 Å². The molecule has 0 saturated carbocycles. The Kier molecular flexibility index (Phi) is 2.65. The highest BCUT2D eigenvalue weighted by Gasteiger charge is 2.28. The fourth-order valence-corrected chi connectivity index (χ4v) is 1.99. The first-order valence-electron chi connectivity index (χ1n) is 5.94. The molecule has 1 N–H and O–H groups in total. The van der Waals surface area contributed by atoms with Crippen molar-refractivity contribution in [3.05, 3.63) is 36.2 Å². The molecule has 0 aliphatic carbocycles. The fraction of sp³-hybridized carbons (Fsp3) is 0.385. The van der Waals surface area contributed by atoms with Crippen molar-refractivity contribution in [3.63, 3.8) is 0 Å². The van der Waals surface area contributed by atoms with Gasteiger partial charge in [0.2, 0.25) is 11.7 Å². The summed E-state index contributed by atoms with van der Waals surface area (Å²) >= 11 is 0. The number of nitrogens with zero attached hydrogens (tertiary/aromatic N) is 2. The van der Waals surface area contributed by atoms with Crippen molar-refractivity contribution < 1.29 is 4.52 Å². The molecule has 0 bridgehead atoms. The van der Waals surface area contributed by atoms with E-state index in [1.807, 2.05) is 30.3 Å². The maximum atomic E-state index is 5.35. The van der Waals surface area contributed by atoms with Crippen LogP contribution in [0.1, 0.15) is 18.7 Å². The molecule has 1 unspecified atom stereocenters. The first kappa shape index (κ1) is 10.5. The average Bonchev–Trinajstić information content (AvgIpc) is 2.77. The van der Waals surface area contributed by atoms with Crippen LogP contribution in [-0.2, 0) is 0 Å². The van der Waals surface area contributed by atoms with Crippen LogP contribution in [0.5, 0.6) is 0 Å². The molecule has 0 amide bonds. The van der Waals surface area contributed by atoms with Crippen LogP contribution in [0.25, 0.3) is 11.4 Å². The van der Waals surface area contributed by atoms with Gasteiger partial charge < -0.3 is 9.84 Å². The summed E-state index contributed by atoms with van der Waals surface area (Å²) in [4.78, 5) is 4.48. The van der Waals surface area contributed by atoms with Gasteiger partial charge in [0.05, 0.1) is 0 Å². The highest BCUT2D eigenvalue weighted by molar-refractivity contribution is 5.53. The summed E-state index contributed by atoms with van der Waals surface area (Å²) in [5.74, 6) is 2.38. The van der Waals surface area contributed by atoms with Crippen molar-refractivity contribution in [1.82, 2.24) is 15.5 Å². The van der Waals surface area contributed by atoms with Gasteiger partial charge in [0.1, 0.15) is 0 Å². The molecule has 3 rings (SSSR count). The van der Waals surface area contributed by atoms with Crippen LogP contribution in [0, 0.1) is 5.92 Å². The maximum absolute atomic E-state index is 5.35. The molecular weight excluding hydrogens is 214 g/mol. The van der Waals surface area contributed by atoms with Gasteiger partial charge in [-0.3, -0.25) is 0 Å². The quantitative estimate of drug-likeness (QED) is 0.875. The molecule has 0 radical (unpaired) electrons. The zero-order valence-corrected chi connectivity index (χ0v) is 9.76. The highest BCUT2D eigenvalue weighted by Crippen LogP contribution is 2.27. The SMILES string of the molecule is CC(c1nc(-c2ccccc2)no1)C1CNC1. The zero-order valence-electron chi connectivity index (χ0n) is 9.76. The van der Waals surface area contributed by atoms with E-state index in [9.17, 15) is 0 Å². The summed E-state index contributed by atoms with van der Waals surface area (Å²) in [7, 11) is 0. The number of hydrogen-bond acceptors (Lipinski definition) is 4. The number of rotatable bonds is 3. The van der Waals surface area contributed by atoms with E-state index in [1.54, 1.807) is 0 Å². The summed E-state index contributed by atoms with van der Waals surface area (Å²) in [5, 5.41) is 7.30. The van der Waals surface area contributed by atoms with Crippen LogP contribution in [0.15, 0.2) is 34.9 Å². The molecule has 1 saturated heterocycles. The summed E-state index contributed by atoms with van der Waals surface area (Å²) in [6.07, 6.45) is 0. The second kappa shape index (κ2) is 4.30. The van der Waals surface area contributed by atoms with Crippen molar-refractivity contribution in [2.45, 2.75) is 12.8 Å². The Morgan fingerprint density at radius 2 is 2.06 bits per heavy atom. The van der Waals surface area contributed by atoms with E-state index >= 15 is 0 Å². The molecule has 1 aromatic heterocycles. The minimum Gasteiger partial charge on any atom is -0.339 e. The molecule has 0 spiro atoms. The van der Waals surface area contributed by atoms with Crippen LogP contribution in [0.2, 0.25) is 0 Å². The van der Waals surface area contributed by atoms with Gasteiger partial charge >= 0.3 is 0 Å². The van der Waals surface area contributed by atoms with Gasteiger partial charge in [0.15, 0.2) is 0 Å². The molecule has 1 fully saturated rings. The molecule has 4 heteroatoms. The summed E-state index contributed by atoms with van der Waals surface area (Å²) in [5.41, 5.74) is 1.00. The lowest BCUT2D eigenvalue weighted by atomic mass is 9.89. The lowest BCUT2D eigenvalue weighted by Gasteiger charge is -2.30. The van der Waals surface area contributed by atoms with Crippen LogP contribution in [0.4, 0.5) is 0 Å². The Morgan fingerprint density at radius 1 is 1.29 bits per heavy atom. The van der Waals surface area contributed by atoms with E-state index in [4.69, 9.17) is 4.52 Å². The minimum atomic E-state index is 0.334. The summed E-state index contributed by atoms with van der Waals surface area (Å²) in [6.45, 7) is 4.24. The Labute approximate surface area is 100 Å². The van der Waals surface area contributed by atoms with E-state index in [1.165, 1.54) is 0 Å². The summed E-state index contributed by atoms with van der Waals surface area (Å²) < 4.78 is 5.35. The lowest BCUT2D eigenvalue weighted by Crippen LogP contribution is -2.44. The average molecular weight is 229 g/mol. The predicted molar refractivity (Wildman–Crippen MR) is 64.5 cm³/mol. The summed E-state index contributed by atoms with van der Waals surface area (Å²) in [6, 6.07) is 9.91. The molecular formula is C13H15N3O. The van der Waals surface area contributed by atoms with Crippen LogP contribution in [0.3, 0.4) is 0 Å². The van der Waals surface area contributed by atoms with Crippen LogP contribution in [-0.4, -0.2) is 23.2 Å². The van der Waals surface area contributed by atoms with E-state index in [2.05, 4.69) is 22.4 Å². The monoisotopic (exact) mass is 229 g/mol. The minimum absolute atomic E-state index is 0.334. The molecule has 1 aliphatic rings. The van der Waals surface area contributed by atoms with Crippen molar-refractivity contribution >= 4 is 0 Å². The Balaban J connectivity index is 1.82. The normalized spacial score (nSPS) is 17.7. The number of benzene rings is 1. The topological polar surface area (TPSA) is 51.0 Å². The smallest absolute Gasteiger partial charge is 0.230 e. The van der Waals surface area contributed by atoms with Crippen LogP contribution >= 0.6 is 0 Å². The Hall–Kier alpha value is -1.68. The highest BCUT2D eigenvalue weighted by atomic mass is 16.5. The molecule has 17 heavy (non-hydrogen) atoms. The molecule has 4 nitrogen and oxygen atoms in total. The Morgan fingerprint density at radius 3 is 2.71 bits per heavy atom. The van der Waals surface area contributed by atoms with Gasteiger partial charge in [-0.1, -0.05) is 42.4 Å². The standard InChI is InChI=1S/C13H15N3O/c1-9(11-7-14-8-11)13-15-12(16-17-13)10-5-3-2-4-6-10/h2-6,9,11,14H,7-8H2,1H3. The third-order valence-electron chi connectivity index (χ3n) is 3.38. The molecule has 2 heterocycles.